The summed E-state index contributed by atoms with van der Waals surface area (Å²) in [7, 11) is -3.30. The molecule has 0 saturated heterocycles. The zero-order valence-corrected chi connectivity index (χ0v) is 11.8. The van der Waals surface area contributed by atoms with Crippen molar-refractivity contribution in [2.75, 3.05) is 19.6 Å². The van der Waals surface area contributed by atoms with Crippen LogP contribution >= 0.6 is 19.2 Å². The second-order valence-electron chi connectivity index (χ2n) is 3.21. The molecule has 1 radical (unpaired) electrons. The minimum absolute atomic E-state index is 0.0748. The molecule has 4 nitrogen and oxygen atoms in total. The molecule has 0 unspecified atom stereocenters. The summed E-state index contributed by atoms with van der Waals surface area (Å²) in [6, 6.07) is 4.59. The maximum absolute atomic E-state index is 12.8. The van der Waals surface area contributed by atoms with Gasteiger partial charge in [0.05, 0.1) is 18.2 Å². The molecule has 0 fully saturated rings. The van der Waals surface area contributed by atoms with E-state index in [4.69, 9.17) is 25.4 Å². The highest BCUT2D eigenvalue weighted by Crippen LogP contribution is 2.48. The molecule has 0 aromatic heterocycles. The Hall–Kier alpha value is -0.610. The van der Waals surface area contributed by atoms with Crippen molar-refractivity contribution < 1.29 is 22.7 Å². The molecule has 0 aliphatic heterocycles. The summed E-state index contributed by atoms with van der Waals surface area (Å²) >= 11 is 5.76. The van der Waals surface area contributed by atoms with E-state index in [2.05, 4.69) is 6.07 Å². The van der Waals surface area contributed by atoms with Crippen molar-refractivity contribution in [1.82, 2.24) is 0 Å². The Morgan fingerprint density at radius 2 is 2.00 bits per heavy atom. The smallest absolute Gasteiger partial charge is 0.367 e. The molecule has 0 bridgehead atoms. The van der Waals surface area contributed by atoms with Crippen molar-refractivity contribution >= 4 is 19.2 Å². The van der Waals surface area contributed by atoms with Crippen molar-refractivity contribution in [2.24, 2.45) is 0 Å². The standard InChI is InChI=1S/C11H14ClFO4P/c1-3-16-18(14,17-4-2)8-15-11-6-5-9(13)7-10(11)12/h6-7H,3-4,8H2,1-2H3. The Bertz CT molecular complexity index is 431. The van der Waals surface area contributed by atoms with Gasteiger partial charge in [-0.15, -0.1) is 0 Å². The number of hydrogen-bond donors (Lipinski definition) is 0. The van der Waals surface area contributed by atoms with Crippen LogP contribution in [0.2, 0.25) is 5.02 Å². The lowest BCUT2D eigenvalue weighted by Crippen LogP contribution is -2.06. The van der Waals surface area contributed by atoms with Crippen LogP contribution in [0, 0.1) is 11.9 Å². The van der Waals surface area contributed by atoms with Gasteiger partial charge in [0.1, 0.15) is 11.6 Å². The van der Waals surface area contributed by atoms with Crippen LogP contribution in [-0.2, 0) is 13.6 Å². The minimum Gasteiger partial charge on any atom is -0.479 e. The quantitative estimate of drug-likeness (QED) is 0.716. The van der Waals surface area contributed by atoms with Gasteiger partial charge in [0.15, 0.2) is 6.35 Å². The van der Waals surface area contributed by atoms with Gasteiger partial charge in [-0.1, -0.05) is 11.6 Å². The Morgan fingerprint density at radius 1 is 1.39 bits per heavy atom. The average molecular weight is 296 g/mol. The molecular formula is C11H14ClFO4P. The third-order valence-corrected chi connectivity index (χ3v) is 3.90. The number of halogens is 2. The second kappa shape index (κ2) is 7.10. The van der Waals surface area contributed by atoms with Crippen LogP contribution in [0.15, 0.2) is 12.1 Å². The van der Waals surface area contributed by atoms with E-state index in [0.29, 0.717) is 0 Å². The summed E-state index contributed by atoms with van der Waals surface area (Å²) in [5.74, 6) is -0.414. The fourth-order valence-electron chi connectivity index (χ4n) is 1.19. The number of benzene rings is 1. The lowest BCUT2D eigenvalue weighted by molar-refractivity contribution is 0.197. The third kappa shape index (κ3) is 4.58. The monoisotopic (exact) mass is 295 g/mol. The van der Waals surface area contributed by atoms with Crippen molar-refractivity contribution in [2.45, 2.75) is 13.8 Å². The van der Waals surface area contributed by atoms with Gasteiger partial charge in [0.2, 0.25) is 0 Å². The van der Waals surface area contributed by atoms with E-state index in [1.807, 2.05) is 0 Å². The molecule has 0 heterocycles. The van der Waals surface area contributed by atoms with Gasteiger partial charge in [0.25, 0.3) is 0 Å². The zero-order chi connectivity index (χ0) is 13.6. The van der Waals surface area contributed by atoms with Crippen LogP contribution in [-0.4, -0.2) is 19.6 Å². The SMILES string of the molecule is CCOP(=O)(COc1c[c]c(F)cc1Cl)OCC. The molecule has 1 aromatic carbocycles. The van der Waals surface area contributed by atoms with Gasteiger partial charge in [-0.2, -0.15) is 0 Å². The molecule has 7 heteroatoms. The molecule has 0 saturated carbocycles. The van der Waals surface area contributed by atoms with Crippen molar-refractivity contribution in [3.05, 3.63) is 29.0 Å². The third-order valence-electron chi connectivity index (χ3n) is 1.86. The molecule has 1 rings (SSSR count). The average Bonchev–Trinajstić information content (AvgIpc) is 2.28. The van der Waals surface area contributed by atoms with Gasteiger partial charge in [0, 0.05) is 6.07 Å². The van der Waals surface area contributed by atoms with E-state index >= 15 is 0 Å². The van der Waals surface area contributed by atoms with Gasteiger partial charge in [-0.3, -0.25) is 4.57 Å². The van der Waals surface area contributed by atoms with Crippen molar-refractivity contribution in [3.8, 4) is 5.75 Å². The predicted molar refractivity (Wildman–Crippen MR) is 66.6 cm³/mol. The molecule has 18 heavy (non-hydrogen) atoms. The van der Waals surface area contributed by atoms with Crippen molar-refractivity contribution in [1.29, 1.82) is 0 Å². The van der Waals surface area contributed by atoms with Crippen LogP contribution in [0.1, 0.15) is 13.8 Å². The van der Waals surface area contributed by atoms with E-state index in [9.17, 15) is 8.96 Å². The molecule has 0 N–H and O–H groups in total. The highest BCUT2D eigenvalue weighted by Gasteiger charge is 2.25. The number of hydrogen-bond acceptors (Lipinski definition) is 4. The Balaban J connectivity index is 2.69. The maximum Gasteiger partial charge on any atom is 0.367 e. The lowest BCUT2D eigenvalue weighted by Gasteiger charge is -2.17. The first-order valence-electron chi connectivity index (χ1n) is 5.38. The molecule has 0 spiro atoms. The topological polar surface area (TPSA) is 44.8 Å². The maximum atomic E-state index is 12.8. The summed E-state index contributed by atoms with van der Waals surface area (Å²) in [6.45, 7) is 3.88. The zero-order valence-electron chi connectivity index (χ0n) is 10.1. The highest BCUT2D eigenvalue weighted by atomic mass is 35.5. The fraction of sp³-hybridized carbons (Fsp3) is 0.455. The summed E-state index contributed by atoms with van der Waals surface area (Å²) in [4.78, 5) is 0. The van der Waals surface area contributed by atoms with E-state index in [-0.39, 0.29) is 30.3 Å². The first kappa shape index (κ1) is 15.4. The summed E-state index contributed by atoms with van der Waals surface area (Å²) in [5.41, 5.74) is 0. The summed E-state index contributed by atoms with van der Waals surface area (Å²) in [5, 5.41) is 0.0748. The van der Waals surface area contributed by atoms with E-state index in [1.165, 1.54) is 6.07 Å². The van der Waals surface area contributed by atoms with E-state index < -0.39 is 13.4 Å². The van der Waals surface area contributed by atoms with Crippen molar-refractivity contribution in [3.63, 3.8) is 0 Å². The van der Waals surface area contributed by atoms with Crippen LogP contribution in [0.5, 0.6) is 5.75 Å². The summed E-state index contributed by atoms with van der Waals surface area (Å²) in [6.07, 6.45) is -0.284. The number of ether oxygens (including phenoxy) is 1. The van der Waals surface area contributed by atoms with E-state index in [0.717, 1.165) is 6.07 Å². The van der Waals surface area contributed by atoms with Gasteiger partial charge in [-0.05, 0) is 26.0 Å². The van der Waals surface area contributed by atoms with Crippen LogP contribution in [0.3, 0.4) is 0 Å². The Kier molecular flexibility index (Phi) is 6.09. The highest BCUT2D eigenvalue weighted by molar-refractivity contribution is 7.53. The molecule has 0 aliphatic carbocycles. The van der Waals surface area contributed by atoms with Crippen LogP contribution < -0.4 is 4.74 Å². The molecule has 0 aliphatic rings. The molecular weight excluding hydrogens is 282 g/mol. The molecule has 101 valence electrons. The van der Waals surface area contributed by atoms with Crippen LogP contribution in [0.25, 0.3) is 0 Å². The predicted octanol–water partition coefficient (Wildman–Crippen LogP) is 3.88. The number of rotatable bonds is 7. The Labute approximate surface area is 111 Å². The van der Waals surface area contributed by atoms with Gasteiger partial charge in [-0.25, -0.2) is 4.39 Å². The second-order valence-corrected chi connectivity index (χ2v) is 5.62. The first-order valence-corrected chi connectivity index (χ1v) is 7.49. The molecule has 0 amide bonds. The van der Waals surface area contributed by atoms with Gasteiger partial charge < -0.3 is 13.8 Å². The summed E-state index contributed by atoms with van der Waals surface area (Å²) < 4.78 is 40.1. The fourth-order valence-corrected chi connectivity index (χ4v) is 2.70. The molecule has 0 atom stereocenters. The normalized spacial score (nSPS) is 11.6. The lowest BCUT2D eigenvalue weighted by atomic mass is 10.3. The van der Waals surface area contributed by atoms with Crippen LogP contribution in [0.4, 0.5) is 4.39 Å². The largest absolute Gasteiger partial charge is 0.479 e. The van der Waals surface area contributed by atoms with E-state index in [1.54, 1.807) is 13.8 Å². The minimum atomic E-state index is -3.30. The first-order chi connectivity index (χ1) is 8.50. The molecule has 1 aromatic rings. The van der Waals surface area contributed by atoms with Gasteiger partial charge >= 0.3 is 7.60 Å². The Morgan fingerprint density at radius 3 is 2.50 bits per heavy atom.